The van der Waals surface area contributed by atoms with Crippen molar-refractivity contribution in [2.45, 2.75) is 13.3 Å². The minimum Gasteiger partial charge on any atom is -0.497 e. The second-order valence-electron chi connectivity index (χ2n) is 7.92. The number of rotatable bonds is 7. The number of carbonyl (C=O) groups is 2. The summed E-state index contributed by atoms with van der Waals surface area (Å²) in [5.41, 5.74) is 3.47. The van der Waals surface area contributed by atoms with Crippen molar-refractivity contribution in [3.63, 3.8) is 0 Å². The number of fused-ring (bicyclic) bond motifs is 1. The van der Waals surface area contributed by atoms with Crippen LogP contribution < -0.4 is 15.0 Å². The van der Waals surface area contributed by atoms with Gasteiger partial charge in [0.1, 0.15) is 17.3 Å². The number of aromatic amines is 1. The average Bonchev–Trinajstić information content (AvgIpc) is 3.17. The van der Waals surface area contributed by atoms with E-state index in [1.165, 1.54) is 12.1 Å². The molecule has 8 heteroatoms. The van der Waals surface area contributed by atoms with Crippen LogP contribution in [0.15, 0.2) is 48.5 Å². The summed E-state index contributed by atoms with van der Waals surface area (Å²) in [6.45, 7) is 3.68. The second kappa shape index (κ2) is 9.87. The van der Waals surface area contributed by atoms with E-state index in [1.54, 1.807) is 44.4 Å². The summed E-state index contributed by atoms with van der Waals surface area (Å²) >= 11 is 0. The highest BCUT2D eigenvalue weighted by Crippen LogP contribution is 2.31. The molecule has 0 spiro atoms. The Kier molecular flexibility index (Phi) is 6.74. The maximum atomic E-state index is 13.2. The molecule has 0 bridgehead atoms. The van der Waals surface area contributed by atoms with Gasteiger partial charge in [0.05, 0.1) is 32.5 Å². The molecule has 0 aliphatic carbocycles. The van der Waals surface area contributed by atoms with Crippen molar-refractivity contribution in [1.82, 2.24) is 4.98 Å². The van der Waals surface area contributed by atoms with Crippen LogP contribution in [-0.2, 0) is 9.53 Å². The normalized spacial score (nSPS) is 15.7. The standard InChI is InChI=1S/C25H26FN3O4/c1-3-33-25(31)24-23(20-14-19(32-2)8-9-21(20)27-24)28-22(30)15-29-12-10-17(11-13-29)16-4-6-18(26)7-5-16/h4-10,14,27H,3,11-13,15H2,1-2H3,(H,28,30)/p+1. The lowest BCUT2D eigenvalue weighted by molar-refractivity contribution is -0.886. The Morgan fingerprint density at radius 1 is 1.18 bits per heavy atom. The van der Waals surface area contributed by atoms with E-state index in [1.807, 2.05) is 0 Å². The summed E-state index contributed by atoms with van der Waals surface area (Å²) in [5.74, 6) is -0.359. The predicted molar refractivity (Wildman–Crippen MR) is 124 cm³/mol. The minimum atomic E-state index is -0.528. The molecule has 172 valence electrons. The molecule has 2 heterocycles. The van der Waals surface area contributed by atoms with Gasteiger partial charge in [-0.1, -0.05) is 12.1 Å². The Morgan fingerprint density at radius 3 is 2.64 bits per heavy atom. The van der Waals surface area contributed by atoms with E-state index in [4.69, 9.17) is 9.47 Å². The first-order valence-corrected chi connectivity index (χ1v) is 10.9. The van der Waals surface area contributed by atoms with E-state index in [0.717, 1.165) is 29.0 Å². The Morgan fingerprint density at radius 2 is 1.97 bits per heavy atom. The van der Waals surface area contributed by atoms with Crippen LogP contribution in [0.1, 0.15) is 29.4 Å². The molecule has 1 aromatic heterocycles. The number of quaternary nitrogens is 1. The molecule has 1 aliphatic heterocycles. The fourth-order valence-corrected chi connectivity index (χ4v) is 4.06. The average molecular weight is 453 g/mol. The number of anilines is 1. The van der Waals surface area contributed by atoms with Crippen LogP contribution in [-0.4, -0.2) is 50.2 Å². The number of esters is 1. The lowest BCUT2D eigenvalue weighted by atomic mass is 9.99. The first-order chi connectivity index (χ1) is 16.0. The number of benzene rings is 2. The van der Waals surface area contributed by atoms with Crippen molar-refractivity contribution in [2.24, 2.45) is 0 Å². The van der Waals surface area contributed by atoms with Gasteiger partial charge in [-0.15, -0.1) is 0 Å². The Labute approximate surface area is 191 Å². The molecular weight excluding hydrogens is 425 g/mol. The molecule has 1 unspecified atom stereocenters. The van der Waals surface area contributed by atoms with Crippen LogP contribution in [0, 0.1) is 5.82 Å². The fraction of sp³-hybridized carbons (Fsp3) is 0.280. The number of halogens is 1. The van der Waals surface area contributed by atoms with Gasteiger partial charge in [0.15, 0.2) is 6.54 Å². The second-order valence-corrected chi connectivity index (χ2v) is 7.92. The van der Waals surface area contributed by atoms with Gasteiger partial charge in [0, 0.05) is 17.3 Å². The van der Waals surface area contributed by atoms with Crippen molar-refractivity contribution in [3.05, 3.63) is 65.6 Å². The number of ether oxygens (including phenoxy) is 2. The van der Waals surface area contributed by atoms with Crippen molar-refractivity contribution in [3.8, 4) is 5.75 Å². The lowest BCUT2D eigenvalue weighted by Gasteiger charge is -2.23. The first kappa shape index (κ1) is 22.5. The Bertz CT molecular complexity index is 1200. The largest absolute Gasteiger partial charge is 0.497 e. The summed E-state index contributed by atoms with van der Waals surface area (Å²) in [6.07, 6.45) is 2.90. The van der Waals surface area contributed by atoms with Crippen LogP contribution in [0.25, 0.3) is 16.5 Å². The van der Waals surface area contributed by atoms with Gasteiger partial charge in [-0.05, 0) is 54.5 Å². The third-order valence-electron chi connectivity index (χ3n) is 5.76. The van der Waals surface area contributed by atoms with Gasteiger partial charge in [0.25, 0.3) is 5.91 Å². The van der Waals surface area contributed by atoms with E-state index >= 15 is 0 Å². The van der Waals surface area contributed by atoms with Crippen molar-refractivity contribution in [1.29, 1.82) is 0 Å². The van der Waals surface area contributed by atoms with Crippen LogP contribution in [0.3, 0.4) is 0 Å². The minimum absolute atomic E-state index is 0.196. The number of amides is 1. The number of aromatic nitrogens is 1. The monoisotopic (exact) mass is 452 g/mol. The quantitative estimate of drug-likeness (QED) is 0.482. The molecular formula is C25H27FN3O4+. The van der Waals surface area contributed by atoms with Gasteiger partial charge < -0.3 is 24.7 Å². The molecule has 0 saturated heterocycles. The molecule has 2 aromatic carbocycles. The van der Waals surface area contributed by atoms with E-state index in [9.17, 15) is 14.0 Å². The van der Waals surface area contributed by atoms with E-state index in [2.05, 4.69) is 16.4 Å². The zero-order chi connectivity index (χ0) is 23.4. The number of H-pyrrole nitrogens is 1. The van der Waals surface area contributed by atoms with E-state index < -0.39 is 5.97 Å². The number of nitrogens with one attached hydrogen (secondary N) is 3. The fourth-order valence-electron chi connectivity index (χ4n) is 4.06. The number of methoxy groups -OCH3 is 1. The summed E-state index contributed by atoms with van der Waals surface area (Å²) in [5, 5.41) is 3.59. The lowest BCUT2D eigenvalue weighted by Crippen LogP contribution is -3.13. The molecule has 3 aromatic rings. The van der Waals surface area contributed by atoms with E-state index in [-0.39, 0.29) is 30.6 Å². The third kappa shape index (κ3) is 5.06. The smallest absolute Gasteiger partial charge is 0.356 e. The molecule has 0 fully saturated rings. The maximum Gasteiger partial charge on any atom is 0.356 e. The molecule has 33 heavy (non-hydrogen) atoms. The van der Waals surface area contributed by atoms with Crippen molar-refractivity contribution < 1.29 is 28.4 Å². The van der Waals surface area contributed by atoms with Crippen LogP contribution in [0.4, 0.5) is 10.1 Å². The maximum absolute atomic E-state index is 13.2. The third-order valence-corrected chi connectivity index (χ3v) is 5.76. The van der Waals surface area contributed by atoms with Crippen molar-refractivity contribution in [2.75, 3.05) is 38.7 Å². The summed E-state index contributed by atoms with van der Waals surface area (Å²) in [4.78, 5) is 29.5. The molecule has 4 rings (SSSR count). The zero-order valence-corrected chi connectivity index (χ0v) is 18.7. The molecule has 1 aliphatic rings. The SMILES string of the molecule is CCOC(=O)c1[nH]c2ccc(OC)cc2c1NC(=O)C[NH+]1CC=C(c2ccc(F)cc2)CC1. The Hall–Kier alpha value is -3.65. The van der Waals surface area contributed by atoms with Crippen LogP contribution >= 0.6 is 0 Å². The number of hydrogen-bond acceptors (Lipinski definition) is 4. The molecule has 7 nitrogen and oxygen atoms in total. The molecule has 3 N–H and O–H groups in total. The summed E-state index contributed by atoms with van der Waals surface area (Å²) < 4.78 is 23.6. The van der Waals surface area contributed by atoms with E-state index in [0.29, 0.717) is 28.9 Å². The van der Waals surface area contributed by atoms with Crippen LogP contribution in [0.2, 0.25) is 0 Å². The molecule has 0 saturated carbocycles. The zero-order valence-electron chi connectivity index (χ0n) is 18.7. The summed E-state index contributed by atoms with van der Waals surface area (Å²) in [6, 6.07) is 11.8. The topological polar surface area (TPSA) is 84.9 Å². The molecule has 1 atom stereocenters. The first-order valence-electron chi connectivity index (χ1n) is 10.9. The van der Waals surface area contributed by atoms with Gasteiger partial charge >= 0.3 is 5.97 Å². The number of carbonyl (C=O) groups excluding carboxylic acids is 2. The molecule has 1 amide bonds. The highest BCUT2D eigenvalue weighted by molar-refractivity contribution is 6.11. The predicted octanol–water partition coefficient (Wildman–Crippen LogP) is 2.80. The van der Waals surface area contributed by atoms with Gasteiger partial charge in [-0.25, -0.2) is 9.18 Å². The summed E-state index contributed by atoms with van der Waals surface area (Å²) in [7, 11) is 1.56. The van der Waals surface area contributed by atoms with Gasteiger partial charge in [-0.2, -0.15) is 0 Å². The molecule has 0 radical (unpaired) electrons. The van der Waals surface area contributed by atoms with Crippen LogP contribution in [0.5, 0.6) is 5.75 Å². The van der Waals surface area contributed by atoms with Gasteiger partial charge in [-0.3, -0.25) is 4.79 Å². The highest BCUT2D eigenvalue weighted by Gasteiger charge is 2.24. The van der Waals surface area contributed by atoms with Crippen molar-refractivity contribution >= 4 is 34.0 Å². The number of hydrogen-bond donors (Lipinski definition) is 3. The highest BCUT2D eigenvalue weighted by atomic mass is 19.1. The van der Waals surface area contributed by atoms with Gasteiger partial charge in [0.2, 0.25) is 0 Å². The Balaban J connectivity index is 1.49.